The number of anilines is 2. The van der Waals surface area contributed by atoms with Gasteiger partial charge in [-0.15, -0.1) is 0 Å². The van der Waals surface area contributed by atoms with Crippen molar-refractivity contribution in [3.8, 4) is 0 Å². The molecule has 2 aromatic rings. The van der Waals surface area contributed by atoms with Gasteiger partial charge < -0.3 is 15.4 Å². The van der Waals surface area contributed by atoms with E-state index < -0.39 is 5.82 Å². The Labute approximate surface area is 145 Å². The Morgan fingerprint density at radius 3 is 2.92 bits per heavy atom. The van der Waals surface area contributed by atoms with Crippen molar-refractivity contribution in [1.82, 2.24) is 10.2 Å². The van der Waals surface area contributed by atoms with E-state index in [1.807, 2.05) is 0 Å². The van der Waals surface area contributed by atoms with Crippen LogP contribution < -0.4 is 10.6 Å². The standard InChI is InChI=1S/C18H21FN4O2/c19-14-8-12(5-6-15(14)20-10-13-2-1-7-25-13)21-18(24)17-9-16(22-23-17)11-3-4-11/h5-6,8-9,11,13,20H,1-4,7,10H2,(H,21,24)(H,22,23)/t13-/m1/s1. The number of carbonyl (C=O) groups is 1. The van der Waals surface area contributed by atoms with Crippen LogP contribution in [0.15, 0.2) is 24.3 Å². The Balaban J connectivity index is 1.36. The van der Waals surface area contributed by atoms with Crippen LogP contribution in [0.1, 0.15) is 47.8 Å². The average Bonchev–Trinajstić information content (AvgIpc) is 3.11. The lowest BCUT2D eigenvalue weighted by molar-refractivity contribution is 0.102. The number of benzene rings is 1. The topological polar surface area (TPSA) is 79.0 Å². The van der Waals surface area contributed by atoms with Crippen molar-refractivity contribution in [3.05, 3.63) is 41.5 Å². The molecular formula is C18H21FN4O2. The summed E-state index contributed by atoms with van der Waals surface area (Å²) in [5.41, 5.74) is 2.12. The first-order valence-corrected chi connectivity index (χ1v) is 8.71. The number of carbonyl (C=O) groups excluding carboxylic acids is 1. The van der Waals surface area contributed by atoms with Crippen molar-refractivity contribution in [2.75, 3.05) is 23.8 Å². The minimum Gasteiger partial charge on any atom is -0.380 e. The van der Waals surface area contributed by atoms with Crippen molar-refractivity contribution in [3.63, 3.8) is 0 Å². The number of rotatable bonds is 6. The summed E-state index contributed by atoms with van der Waals surface area (Å²) < 4.78 is 19.7. The number of hydrogen-bond donors (Lipinski definition) is 3. The van der Waals surface area contributed by atoms with E-state index in [0.29, 0.717) is 29.5 Å². The quantitative estimate of drug-likeness (QED) is 0.751. The molecular weight excluding hydrogens is 323 g/mol. The summed E-state index contributed by atoms with van der Waals surface area (Å²) in [6.45, 7) is 1.36. The fraction of sp³-hybridized carbons (Fsp3) is 0.444. The molecule has 132 valence electrons. The van der Waals surface area contributed by atoms with Gasteiger partial charge in [0, 0.05) is 30.5 Å². The number of H-pyrrole nitrogens is 1. The van der Waals surface area contributed by atoms with E-state index in [1.165, 1.54) is 6.07 Å². The van der Waals surface area contributed by atoms with E-state index in [4.69, 9.17) is 4.74 Å². The molecule has 0 bridgehead atoms. The Bertz CT molecular complexity index is 766. The maximum absolute atomic E-state index is 14.2. The number of nitrogens with one attached hydrogen (secondary N) is 3. The van der Waals surface area contributed by atoms with Gasteiger partial charge in [-0.25, -0.2) is 4.39 Å². The first kappa shape index (κ1) is 16.1. The lowest BCUT2D eigenvalue weighted by Crippen LogP contribution is -2.19. The summed E-state index contributed by atoms with van der Waals surface area (Å²) in [6.07, 6.45) is 4.45. The summed E-state index contributed by atoms with van der Waals surface area (Å²) in [5, 5.41) is 12.7. The number of aromatic nitrogens is 2. The third kappa shape index (κ3) is 3.82. The zero-order valence-corrected chi connectivity index (χ0v) is 13.8. The van der Waals surface area contributed by atoms with Gasteiger partial charge in [0.15, 0.2) is 5.69 Å². The summed E-state index contributed by atoms with van der Waals surface area (Å²) in [5.74, 6) is -0.250. The second-order valence-electron chi connectivity index (χ2n) is 6.65. The normalized spacial score (nSPS) is 19.8. The second-order valence-corrected chi connectivity index (χ2v) is 6.65. The van der Waals surface area contributed by atoms with Crippen LogP contribution in [0.3, 0.4) is 0 Å². The monoisotopic (exact) mass is 344 g/mol. The molecule has 2 heterocycles. The van der Waals surface area contributed by atoms with E-state index in [1.54, 1.807) is 18.2 Å². The molecule has 1 saturated heterocycles. The maximum Gasteiger partial charge on any atom is 0.276 e. The van der Waals surface area contributed by atoms with Crippen LogP contribution in [0.25, 0.3) is 0 Å². The molecule has 3 N–H and O–H groups in total. The zero-order chi connectivity index (χ0) is 17.2. The van der Waals surface area contributed by atoms with Gasteiger partial charge >= 0.3 is 0 Å². The number of nitrogens with zero attached hydrogens (tertiary/aromatic N) is 1. The van der Waals surface area contributed by atoms with E-state index >= 15 is 0 Å². The minimum atomic E-state index is -0.406. The van der Waals surface area contributed by atoms with Crippen LogP contribution in [-0.2, 0) is 4.74 Å². The molecule has 4 rings (SSSR count). The van der Waals surface area contributed by atoms with Crippen molar-refractivity contribution in [2.24, 2.45) is 0 Å². The van der Waals surface area contributed by atoms with Crippen molar-refractivity contribution in [1.29, 1.82) is 0 Å². The highest BCUT2D eigenvalue weighted by Gasteiger charge is 2.26. The van der Waals surface area contributed by atoms with Crippen LogP contribution in [0.2, 0.25) is 0 Å². The second kappa shape index (κ2) is 6.84. The molecule has 1 aliphatic carbocycles. The average molecular weight is 344 g/mol. The Kier molecular flexibility index (Phi) is 4.40. The van der Waals surface area contributed by atoms with Crippen molar-refractivity contribution in [2.45, 2.75) is 37.7 Å². The number of aromatic amines is 1. The molecule has 1 aliphatic heterocycles. The first-order chi connectivity index (χ1) is 12.2. The molecule has 0 radical (unpaired) electrons. The smallest absolute Gasteiger partial charge is 0.276 e. The number of hydrogen-bond acceptors (Lipinski definition) is 4. The van der Waals surface area contributed by atoms with E-state index in [-0.39, 0.29) is 12.0 Å². The molecule has 1 saturated carbocycles. The van der Waals surface area contributed by atoms with Gasteiger partial charge in [-0.3, -0.25) is 9.89 Å². The summed E-state index contributed by atoms with van der Waals surface area (Å²) in [6, 6.07) is 6.37. The molecule has 2 aliphatic rings. The third-order valence-corrected chi connectivity index (χ3v) is 4.62. The number of halogens is 1. The number of amides is 1. The van der Waals surface area contributed by atoms with Crippen LogP contribution in [0.5, 0.6) is 0 Å². The Morgan fingerprint density at radius 2 is 2.20 bits per heavy atom. The van der Waals surface area contributed by atoms with Gasteiger partial charge in [-0.2, -0.15) is 5.10 Å². The Morgan fingerprint density at radius 1 is 1.32 bits per heavy atom. The first-order valence-electron chi connectivity index (χ1n) is 8.71. The molecule has 1 aromatic heterocycles. The molecule has 1 amide bonds. The molecule has 2 fully saturated rings. The molecule has 6 nitrogen and oxygen atoms in total. The fourth-order valence-corrected chi connectivity index (χ4v) is 3.02. The predicted molar refractivity (Wildman–Crippen MR) is 92.4 cm³/mol. The van der Waals surface area contributed by atoms with E-state index in [2.05, 4.69) is 20.8 Å². The van der Waals surface area contributed by atoms with Crippen molar-refractivity contribution < 1.29 is 13.9 Å². The van der Waals surface area contributed by atoms with E-state index in [0.717, 1.165) is 38.0 Å². The van der Waals surface area contributed by atoms with Crippen LogP contribution in [0.4, 0.5) is 15.8 Å². The highest BCUT2D eigenvalue weighted by atomic mass is 19.1. The van der Waals surface area contributed by atoms with Gasteiger partial charge in [0.1, 0.15) is 5.82 Å². The molecule has 0 spiro atoms. The number of ether oxygens (including phenoxy) is 1. The van der Waals surface area contributed by atoms with Gasteiger partial charge in [0.25, 0.3) is 5.91 Å². The van der Waals surface area contributed by atoms with Crippen LogP contribution in [-0.4, -0.2) is 35.4 Å². The fourth-order valence-electron chi connectivity index (χ4n) is 3.02. The molecule has 25 heavy (non-hydrogen) atoms. The lowest BCUT2D eigenvalue weighted by atomic mass is 10.2. The summed E-state index contributed by atoms with van der Waals surface area (Å²) in [7, 11) is 0. The summed E-state index contributed by atoms with van der Waals surface area (Å²) in [4.78, 5) is 12.2. The zero-order valence-electron chi connectivity index (χ0n) is 13.8. The molecule has 7 heteroatoms. The van der Waals surface area contributed by atoms with Gasteiger partial charge in [0.2, 0.25) is 0 Å². The minimum absolute atomic E-state index is 0.138. The molecule has 1 aromatic carbocycles. The lowest BCUT2D eigenvalue weighted by Gasteiger charge is -2.13. The summed E-state index contributed by atoms with van der Waals surface area (Å²) >= 11 is 0. The largest absolute Gasteiger partial charge is 0.380 e. The predicted octanol–water partition coefficient (Wildman–Crippen LogP) is 3.27. The van der Waals surface area contributed by atoms with Crippen LogP contribution >= 0.6 is 0 Å². The highest BCUT2D eigenvalue weighted by molar-refractivity contribution is 6.03. The van der Waals surface area contributed by atoms with Gasteiger partial charge in [-0.05, 0) is 49.9 Å². The van der Waals surface area contributed by atoms with Gasteiger partial charge in [0.05, 0.1) is 11.8 Å². The Hall–Kier alpha value is -2.41. The highest BCUT2D eigenvalue weighted by Crippen LogP contribution is 2.39. The SMILES string of the molecule is O=C(Nc1ccc(NC[C@H]2CCCO2)c(F)c1)c1cc(C2CC2)[nH]n1. The van der Waals surface area contributed by atoms with Gasteiger partial charge in [-0.1, -0.05) is 0 Å². The molecule has 0 unspecified atom stereocenters. The van der Waals surface area contributed by atoms with Crippen LogP contribution in [0, 0.1) is 5.82 Å². The van der Waals surface area contributed by atoms with Crippen molar-refractivity contribution >= 4 is 17.3 Å². The maximum atomic E-state index is 14.2. The molecule has 1 atom stereocenters. The third-order valence-electron chi connectivity index (χ3n) is 4.62. The van der Waals surface area contributed by atoms with E-state index in [9.17, 15) is 9.18 Å².